The third kappa shape index (κ3) is 2.85. The van der Waals surface area contributed by atoms with Gasteiger partial charge in [-0.1, -0.05) is 0 Å². The minimum atomic E-state index is -0.192. The zero-order valence-electron chi connectivity index (χ0n) is 13.3. The van der Waals surface area contributed by atoms with Gasteiger partial charge >= 0.3 is 0 Å². The highest BCUT2D eigenvalue weighted by molar-refractivity contribution is 6.07. The zero-order chi connectivity index (χ0) is 16.4. The van der Waals surface area contributed by atoms with Gasteiger partial charge in [0.2, 0.25) is 0 Å². The summed E-state index contributed by atoms with van der Waals surface area (Å²) in [6, 6.07) is 12.9. The van der Waals surface area contributed by atoms with E-state index >= 15 is 0 Å². The summed E-state index contributed by atoms with van der Waals surface area (Å²) in [5.74, 6) is 1.04. The molecule has 0 radical (unpaired) electrons. The molecular weight excluding hydrogens is 292 g/mol. The molecule has 3 aromatic rings. The molecule has 0 unspecified atom stereocenters. The Morgan fingerprint density at radius 2 is 1.87 bits per heavy atom. The van der Waals surface area contributed by atoms with E-state index in [0.29, 0.717) is 22.7 Å². The SMILES string of the molecule is COc1ccc(OC)c(NC(=O)c2ccc3c(ccn3C)c2)c1. The summed E-state index contributed by atoms with van der Waals surface area (Å²) < 4.78 is 12.5. The summed E-state index contributed by atoms with van der Waals surface area (Å²) in [6.07, 6.45) is 1.97. The molecule has 0 saturated heterocycles. The monoisotopic (exact) mass is 310 g/mol. The first kappa shape index (κ1) is 15.0. The number of carbonyl (C=O) groups excluding carboxylic acids is 1. The second-order valence-corrected chi connectivity index (χ2v) is 5.22. The van der Waals surface area contributed by atoms with Gasteiger partial charge in [0.25, 0.3) is 5.91 Å². The second kappa shape index (κ2) is 6.04. The number of ether oxygens (including phenoxy) is 2. The van der Waals surface area contributed by atoms with Crippen LogP contribution in [0, 0.1) is 0 Å². The van der Waals surface area contributed by atoms with E-state index in [0.717, 1.165) is 10.9 Å². The predicted molar refractivity (Wildman–Crippen MR) is 90.4 cm³/mol. The third-order valence-corrected chi connectivity index (χ3v) is 3.80. The molecule has 1 heterocycles. The fraction of sp³-hybridized carbons (Fsp3) is 0.167. The van der Waals surface area contributed by atoms with Crippen molar-refractivity contribution in [2.45, 2.75) is 0 Å². The second-order valence-electron chi connectivity index (χ2n) is 5.22. The molecule has 0 fully saturated rings. The Morgan fingerprint density at radius 3 is 2.61 bits per heavy atom. The number of nitrogens with zero attached hydrogens (tertiary/aromatic N) is 1. The molecular formula is C18H18N2O3. The highest BCUT2D eigenvalue weighted by atomic mass is 16.5. The van der Waals surface area contributed by atoms with Gasteiger partial charge in [0.15, 0.2) is 0 Å². The molecule has 0 aliphatic carbocycles. The number of aryl methyl sites for hydroxylation is 1. The number of nitrogens with one attached hydrogen (secondary N) is 1. The van der Waals surface area contributed by atoms with Gasteiger partial charge in [-0.15, -0.1) is 0 Å². The third-order valence-electron chi connectivity index (χ3n) is 3.80. The molecule has 5 heteroatoms. The standard InChI is InChI=1S/C18H18N2O3/c1-20-9-8-12-10-13(4-6-16(12)20)18(21)19-15-11-14(22-2)5-7-17(15)23-3/h4-11H,1-3H3,(H,19,21). The molecule has 1 N–H and O–H groups in total. The van der Waals surface area contributed by atoms with E-state index in [1.54, 1.807) is 32.4 Å². The summed E-state index contributed by atoms with van der Waals surface area (Å²) in [7, 11) is 5.12. The molecule has 0 aliphatic heterocycles. The van der Waals surface area contributed by atoms with Crippen LogP contribution in [-0.4, -0.2) is 24.7 Å². The Labute approximate surface area is 134 Å². The fourth-order valence-corrected chi connectivity index (χ4v) is 2.53. The minimum absolute atomic E-state index is 0.192. The summed E-state index contributed by atoms with van der Waals surface area (Å²) >= 11 is 0. The van der Waals surface area contributed by atoms with Crippen LogP contribution in [0.15, 0.2) is 48.7 Å². The Bertz CT molecular complexity index is 868. The van der Waals surface area contributed by atoms with Gasteiger partial charge in [0.05, 0.1) is 19.9 Å². The maximum Gasteiger partial charge on any atom is 0.255 e. The van der Waals surface area contributed by atoms with Crippen molar-refractivity contribution >= 4 is 22.5 Å². The lowest BCUT2D eigenvalue weighted by molar-refractivity contribution is 0.102. The number of hydrogen-bond acceptors (Lipinski definition) is 3. The highest BCUT2D eigenvalue weighted by Crippen LogP contribution is 2.29. The molecule has 23 heavy (non-hydrogen) atoms. The quantitative estimate of drug-likeness (QED) is 0.803. The summed E-state index contributed by atoms with van der Waals surface area (Å²) in [5.41, 5.74) is 2.25. The first-order chi connectivity index (χ1) is 11.1. The van der Waals surface area contributed by atoms with Gasteiger partial charge in [-0.05, 0) is 36.4 Å². The van der Waals surface area contributed by atoms with Gasteiger partial charge < -0.3 is 19.4 Å². The number of rotatable bonds is 4. The molecule has 3 rings (SSSR count). The maximum absolute atomic E-state index is 12.5. The van der Waals surface area contributed by atoms with Crippen LogP contribution in [0.5, 0.6) is 11.5 Å². The van der Waals surface area contributed by atoms with Crippen LogP contribution in [0.3, 0.4) is 0 Å². The number of amides is 1. The molecule has 1 aromatic heterocycles. The Balaban J connectivity index is 1.90. The van der Waals surface area contributed by atoms with E-state index in [1.165, 1.54) is 0 Å². The molecule has 0 saturated carbocycles. The van der Waals surface area contributed by atoms with Gasteiger partial charge in [-0.25, -0.2) is 0 Å². The molecule has 0 bridgehead atoms. The van der Waals surface area contributed by atoms with E-state index in [1.807, 2.05) is 42.1 Å². The van der Waals surface area contributed by atoms with E-state index in [4.69, 9.17) is 9.47 Å². The van der Waals surface area contributed by atoms with Crippen molar-refractivity contribution < 1.29 is 14.3 Å². The average molecular weight is 310 g/mol. The number of aromatic nitrogens is 1. The van der Waals surface area contributed by atoms with Gasteiger partial charge in [-0.2, -0.15) is 0 Å². The number of fused-ring (bicyclic) bond motifs is 1. The summed E-state index contributed by atoms with van der Waals surface area (Å²) in [6.45, 7) is 0. The van der Waals surface area contributed by atoms with Crippen molar-refractivity contribution in [2.24, 2.45) is 7.05 Å². The Kier molecular flexibility index (Phi) is 3.93. The van der Waals surface area contributed by atoms with E-state index in [-0.39, 0.29) is 5.91 Å². The Hall–Kier alpha value is -2.95. The number of benzene rings is 2. The molecule has 0 aliphatic rings. The zero-order valence-corrected chi connectivity index (χ0v) is 13.3. The van der Waals surface area contributed by atoms with Crippen LogP contribution in [0.1, 0.15) is 10.4 Å². The van der Waals surface area contributed by atoms with Crippen LogP contribution in [0.4, 0.5) is 5.69 Å². The van der Waals surface area contributed by atoms with Crippen LogP contribution in [-0.2, 0) is 7.05 Å². The van der Waals surface area contributed by atoms with Crippen molar-refractivity contribution in [3.8, 4) is 11.5 Å². The van der Waals surface area contributed by atoms with Crippen molar-refractivity contribution in [1.82, 2.24) is 4.57 Å². The fourth-order valence-electron chi connectivity index (χ4n) is 2.53. The first-order valence-electron chi connectivity index (χ1n) is 7.21. The molecule has 0 atom stereocenters. The van der Waals surface area contributed by atoms with Gasteiger partial charge in [0, 0.05) is 35.8 Å². The van der Waals surface area contributed by atoms with Crippen molar-refractivity contribution in [3.05, 3.63) is 54.2 Å². The number of carbonyl (C=O) groups is 1. The van der Waals surface area contributed by atoms with Crippen LogP contribution in [0.25, 0.3) is 10.9 Å². The first-order valence-corrected chi connectivity index (χ1v) is 7.21. The molecule has 2 aromatic carbocycles. The van der Waals surface area contributed by atoms with Gasteiger partial charge in [0.1, 0.15) is 11.5 Å². The van der Waals surface area contributed by atoms with Crippen LogP contribution in [0.2, 0.25) is 0 Å². The summed E-state index contributed by atoms with van der Waals surface area (Å²) in [5, 5.41) is 3.90. The predicted octanol–water partition coefficient (Wildman–Crippen LogP) is 3.45. The smallest absolute Gasteiger partial charge is 0.255 e. The largest absolute Gasteiger partial charge is 0.497 e. The molecule has 0 spiro atoms. The normalized spacial score (nSPS) is 10.6. The number of methoxy groups -OCH3 is 2. The molecule has 1 amide bonds. The maximum atomic E-state index is 12.5. The van der Waals surface area contributed by atoms with Crippen molar-refractivity contribution in [2.75, 3.05) is 19.5 Å². The topological polar surface area (TPSA) is 52.5 Å². The molecule has 118 valence electrons. The highest BCUT2D eigenvalue weighted by Gasteiger charge is 2.12. The lowest BCUT2D eigenvalue weighted by Crippen LogP contribution is -2.12. The molecule has 5 nitrogen and oxygen atoms in total. The van der Waals surface area contributed by atoms with Crippen LogP contribution >= 0.6 is 0 Å². The van der Waals surface area contributed by atoms with Gasteiger partial charge in [-0.3, -0.25) is 4.79 Å². The minimum Gasteiger partial charge on any atom is -0.497 e. The average Bonchev–Trinajstić information content (AvgIpc) is 2.95. The Morgan fingerprint density at radius 1 is 1.04 bits per heavy atom. The van der Waals surface area contributed by atoms with E-state index in [2.05, 4.69) is 5.32 Å². The lowest BCUT2D eigenvalue weighted by Gasteiger charge is -2.12. The lowest BCUT2D eigenvalue weighted by atomic mass is 10.1. The van der Waals surface area contributed by atoms with Crippen LogP contribution < -0.4 is 14.8 Å². The van der Waals surface area contributed by atoms with E-state index in [9.17, 15) is 4.79 Å². The number of hydrogen-bond donors (Lipinski definition) is 1. The van der Waals surface area contributed by atoms with E-state index < -0.39 is 0 Å². The van der Waals surface area contributed by atoms with Crippen molar-refractivity contribution in [3.63, 3.8) is 0 Å². The number of anilines is 1. The van der Waals surface area contributed by atoms with Crippen molar-refractivity contribution in [1.29, 1.82) is 0 Å². The summed E-state index contributed by atoms with van der Waals surface area (Å²) in [4.78, 5) is 12.5.